The fraction of sp³-hybridized carbons (Fsp3) is 0.682. The second-order valence-electron chi connectivity index (χ2n) is 9.50. The van der Waals surface area contributed by atoms with Gasteiger partial charge in [-0.05, 0) is 63.3 Å². The number of piperidine rings is 1. The molecule has 10 heteroatoms. The molecular formula is C22H30F6N2O2. The van der Waals surface area contributed by atoms with Gasteiger partial charge in [0, 0.05) is 25.2 Å². The Morgan fingerprint density at radius 3 is 2.03 bits per heavy atom. The number of benzene rings is 1. The smallest absolute Gasteiger partial charge is 0.416 e. The van der Waals surface area contributed by atoms with Crippen LogP contribution in [-0.2, 0) is 23.6 Å². The van der Waals surface area contributed by atoms with Crippen molar-refractivity contribution >= 4 is 6.09 Å². The predicted molar refractivity (Wildman–Crippen MR) is 108 cm³/mol. The number of nitrogens with zero attached hydrogens (tertiary/aromatic N) is 1. The predicted octanol–water partition coefficient (Wildman–Crippen LogP) is 6.24. The van der Waals surface area contributed by atoms with Gasteiger partial charge in [-0.15, -0.1) is 0 Å². The van der Waals surface area contributed by atoms with Crippen LogP contribution in [0.25, 0.3) is 0 Å². The zero-order valence-corrected chi connectivity index (χ0v) is 18.8. The van der Waals surface area contributed by atoms with Crippen LogP contribution in [-0.4, -0.2) is 35.2 Å². The van der Waals surface area contributed by atoms with Gasteiger partial charge in [-0.3, -0.25) is 0 Å². The molecule has 1 saturated heterocycles. The molecule has 0 spiro atoms. The lowest BCUT2D eigenvalue weighted by atomic mass is 9.89. The third kappa shape index (κ3) is 7.28. The van der Waals surface area contributed by atoms with Crippen molar-refractivity contribution in [1.29, 1.82) is 0 Å². The van der Waals surface area contributed by atoms with Crippen LogP contribution in [0.2, 0.25) is 0 Å². The van der Waals surface area contributed by atoms with Crippen LogP contribution in [0.3, 0.4) is 0 Å². The van der Waals surface area contributed by atoms with Crippen molar-refractivity contribution in [2.45, 2.75) is 84.0 Å². The number of carbonyl (C=O) groups is 1. The lowest BCUT2D eigenvalue weighted by molar-refractivity contribution is -0.143. The zero-order valence-electron chi connectivity index (χ0n) is 18.8. The van der Waals surface area contributed by atoms with Gasteiger partial charge < -0.3 is 15.0 Å². The Morgan fingerprint density at radius 2 is 1.59 bits per heavy atom. The van der Waals surface area contributed by atoms with Gasteiger partial charge in [0.1, 0.15) is 5.60 Å². The molecule has 1 aliphatic heterocycles. The summed E-state index contributed by atoms with van der Waals surface area (Å²) in [7, 11) is 0. The van der Waals surface area contributed by atoms with Crippen molar-refractivity contribution < 1.29 is 35.9 Å². The van der Waals surface area contributed by atoms with Crippen LogP contribution in [0.5, 0.6) is 0 Å². The number of rotatable bonds is 4. The second-order valence-corrected chi connectivity index (χ2v) is 9.50. The Bertz CT molecular complexity index is 767. The number of halogens is 6. The molecule has 1 N–H and O–H groups in total. The number of amides is 1. The monoisotopic (exact) mass is 468 g/mol. The van der Waals surface area contributed by atoms with Gasteiger partial charge in [0.15, 0.2) is 0 Å². The topological polar surface area (TPSA) is 41.6 Å². The molecule has 0 saturated carbocycles. The molecule has 1 aromatic rings. The summed E-state index contributed by atoms with van der Waals surface area (Å²) < 4.78 is 83.9. The second kappa shape index (κ2) is 9.49. The average Bonchev–Trinajstić information content (AvgIpc) is 2.63. The first kappa shape index (κ1) is 26.3. The molecule has 2 rings (SSSR count). The van der Waals surface area contributed by atoms with Gasteiger partial charge in [-0.1, -0.05) is 13.8 Å². The number of hydrogen-bond acceptors (Lipinski definition) is 3. The molecule has 4 nitrogen and oxygen atoms in total. The Kier molecular flexibility index (Phi) is 7.79. The van der Waals surface area contributed by atoms with Crippen LogP contribution in [0, 0.1) is 5.92 Å². The SMILES string of the molecule is CC(C)C1CC(NCc2cc(C(F)(F)F)cc(C(F)(F)F)c2)CCN1C(=O)OC(C)(C)C. The van der Waals surface area contributed by atoms with E-state index in [1.807, 2.05) is 13.8 Å². The largest absolute Gasteiger partial charge is 0.444 e. The fourth-order valence-electron chi connectivity index (χ4n) is 3.75. The zero-order chi connectivity index (χ0) is 24.5. The maximum absolute atomic E-state index is 13.1. The van der Waals surface area contributed by atoms with Crippen molar-refractivity contribution in [3.63, 3.8) is 0 Å². The Balaban J connectivity index is 2.12. The molecule has 0 radical (unpaired) electrons. The first-order valence-electron chi connectivity index (χ1n) is 10.5. The van der Waals surface area contributed by atoms with Crippen molar-refractivity contribution in [3.05, 3.63) is 34.9 Å². The van der Waals surface area contributed by atoms with Crippen LogP contribution >= 0.6 is 0 Å². The van der Waals surface area contributed by atoms with Gasteiger partial charge in [0.05, 0.1) is 11.1 Å². The van der Waals surface area contributed by atoms with Crippen molar-refractivity contribution in [2.24, 2.45) is 5.92 Å². The minimum absolute atomic E-state index is 0.0946. The number of ether oxygens (including phenoxy) is 1. The van der Waals surface area contributed by atoms with E-state index in [2.05, 4.69) is 5.32 Å². The minimum Gasteiger partial charge on any atom is -0.444 e. The number of hydrogen-bond donors (Lipinski definition) is 1. The molecule has 2 unspecified atom stereocenters. The molecule has 0 aliphatic carbocycles. The third-order valence-corrected chi connectivity index (χ3v) is 5.28. The molecular weight excluding hydrogens is 438 g/mol. The van der Waals surface area contributed by atoms with E-state index in [0.717, 1.165) is 12.1 Å². The molecule has 2 atom stereocenters. The van der Waals surface area contributed by atoms with Crippen LogP contribution in [0.1, 0.15) is 64.2 Å². The van der Waals surface area contributed by atoms with Crippen LogP contribution < -0.4 is 5.32 Å². The van der Waals surface area contributed by atoms with Gasteiger partial charge >= 0.3 is 18.4 Å². The molecule has 1 fully saturated rings. The van der Waals surface area contributed by atoms with Crippen LogP contribution in [0.15, 0.2) is 18.2 Å². The Hall–Kier alpha value is -1.97. The van der Waals surface area contributed by atoms with E-state index in [0.29, 0.717) is 19.4 Å². The normalized spacial score (nSPS) is 20.6. The van der Waals surface area contributed by atoms with Crippen molar-refractivity contribution in [2.75, 3.05) is 6.54 Å². The lowest BCUT2D eigenvalue weighted by Crippen LogP contribution is -2.53. The molecule has 0 bridgehead atoms. The molecule has 0 aromatic heterocycles. The highest BCUT2D eigenvalue weighted by Crippen LogP contribution is 2.36. The number of carbonyl (C=O) groups excluding carboxylic acids is 1. The van der Waals surface area contributed by atoms with Crippen LogP contribution in [0.4, 0.5) is 31.1 Å². The number of alkyl halides is 6. The summed E-state index contributed by atoms with van der Waals surface area (Å²) in [6.45, 7) is 9.45. The van der Waals surface area contributed by atoms with Crippen molar-refractivity contribution in [1.82, 2.24) is 10.2 Å². The highest BCUT2D eigenvalue weighted by Gasteiger charge is 2.38. The quantitative estimate of drug-likeness (QED) is 0.532. The minimum atomic E-state index is -4.88. The molecule has 1 heterocycles. The molecule has 182 valence electrons. The van der Waals surface area contributed by atoms with E-state index >= 15 is 0 Å². The molecule has 1 aliphatic rings. The Morgan fingerprint density at radius 1 is 1.06 bits per heavy atom. The summed E-state index contributed by atoms with van der Waals surface area (Å²) in [5.41, 5.74) is -3.40. The highest BCUT2D eigenvalue weighted by atomic mass is 19.4. The summed E-state index contributed by atoms with van der Waals surface area (Å²) in [6.07, 6.45) is -9.16. The maximum Gasteiger partial charge on any atom is 0.416 e. The summed E-state index contributed by atoms with van der Waals surface area (Å²) in [6, 6.07) is 1.27. The summed E-state index contributed by atoms with van der Waals surface area (Å²) >= 11 is 0. The fourth-order valence-corrected chi connectivity index (χ4v) is 3.75. The van der Waals surface area contributed by atoms with E-state index < -0.39 is 35.2 Å². The Labute approximate surface area is 184 Å². The maximum atomic E-state index is 13.1. The van der Waals surface area contributed by atoms with E-state index in [1.54, 1.807) is 25.7 Å². The van der Waals surface area contributed by atoms with E-state index in [9.17, 15) is 31.1 Å². The molecule has 1 amide bonds. The first-order valence-corrected chi connectivity index (χ1v) is 10.5. The van der Waals surface area contributed by atoms with E-state index in [1.165, 1.54) is 0 Å². The third-order valence-electron chi connectivity index (χ3n) is 5.28. The van der Waals surface area contributed by atoms with Gasteiger partial charge in [-0.2, -0.15) is 26.3 Å². The highest BCUT2D eigenvalue weighted by molar-refractivity contribution is 5.68. The average molecular weight is 468 g/mol. The van der Waals surface area contributed by atoms with Gasteiger partial charge in [0.25, 0.3) is 0 Å². The van der Waals surface area contributed by atoms with Gasteiger partial charge in [0.2, 0.25) is 0 Å². The lowest BCUT2D eigenvalue weighted by Gasteiger charge is -2.42. The summed E-state index contributed by atoms with van der Waals surface area (Å²) in [5, 5.41) is 3.07. The number of nitrogens with one attached hydrogen (secondary N) is 1. The summed E-state index contributed by atoms with van der Waals surface area (Å²) in [4.78, 5) is 14.2. The van der Waals surface area contributed by atoms with Crippen molar-refractivity contribution in [3.8, 4) is 0 Å². The standard InChI is InChI=1S/C22H30F6N2O2/c1-13(2)18-11-17(6-7-30(18)19(31)32-20(3,4)5)29-12-14-8-15(21(23,24)25)10-16(9-14)22(26,27)28/h8-10,13,17-18,29H,6-7,11-12H2,1-5H3. The molecule has 32 heavy (non-hydrogen) atoms. The first-order chi connectivity index (χ1) is 14.5. The molecule has 1 aromatic carbocycles. The number of likely N-dealkylation sites (tertiary alicyclic amines) is 1. The van der Waals surface area contributed by atoms with E-state index in [-0.39, 0.29) is 36.2 Å². The summed E-state index contributed by atoms with van der Waals surface area (Å²) in [5.74, 6) is 0.0949. The van der Waals surface area contributed by atoms with Gasteiger partial charge in [-0.25, -0.2) is 4.79 Å². The van der Waals surface area contributed by atoms with E-state index in [4.69, 9.17) is 4.74 Å².